The molecule has 1 unspecified atom stereocenters. The monoisotopic (exact) mass is 304 g/mol. The minimum absolute atomic E-state index is 0.0680. The van der Waals surface area contributed by atoms with E-state index in [9.17, 15) is 9.59 Å². The summed E-state index contributed by atoms with van der Waals surface area (Å²) in [5, 5.41) is 0. The molecule has 0 aromatic rings. The molecule has 0 fully saturated rings. The average Bonchev–Trinajstić information content (AvgIpc) is 2.43. The number of esters is 1. The predicted octanol–water partition coefficient (Wildman–Crippen LogP) is 4.54. The van der Waals surface area contributed by atoms with E-state index in [1.165, 1.54) is 0 Å². The summed E-state index contributed by atoms with van der Waals surface area (Å²) in [6, 6.07) is 0. The van der Waals surface area contributed by atoms with Gasteiger partial charge >= 0.3 is 5.97 Å². The van der Waals surface area contributed by atoms with Gasteiger partial charge in [0.15, 0.2) is 11.9 Å². The second-order valence-electron chi connectivity index (χ2n) is 6.59. The second kappa shape index (κ2) is 7.57. The number of carbonyl (C=O) groups is 2. The highest BCUT2D eigenvalue weighted by atomic mass is 16.5. The van der Waals surface area contributed by atoms with E-state index in [1.807, 2.05) is 45.9 Å². The Bertz CT molecular complexity index is 533. The van der Waals surface area contributed by atoms with E-state index < -0.39 is 6.10 Å². The molecule has 0 heterocycles. The highest BCUT2D eigenvalue weighted by Gasteiger charge is 2.39. The SMILES string of the molecule is C/C=C(C)/C=C/C1=C(C)C(=O)C(OC(=O)CCC)CC1(C)C. The third-order valence-electron chi connectivity index (χ3n) is 4.19. The van der Waals surface area contributed by atoms with Crippen LogP contribution in [0.15, 0.2) is 34.9 Å². The molecule has 0 bridgehead atoms. The van der Waals surface area contributed by atoms with Crippen LogP contribution in [0.5, 0.6) is 0 Å². The number of ether oxygens (including phenoxy) is 1. The van der Waals surface area contributed by atoms with Crippen molar-refractivity contribution in [2.75, 3.05) is 0 Å². The van der Waals surface area contributed by atoms with Crippen LogP contribution in [0.25, 0.3) is 0 Å². The van der Waals surface area contributed by atoms with E-state index >= 15 is 0 Å². The maximum Gasteiger partial charge on any atom is 0.306 e. The molecule has 0 amide bonds. The number of carbonyl (C=O) groups excluding carboxylic acids is 2. The Morgan fingerprint density at radius 3 is 2.59 bits per heavy atom. The van der Waals surface area contributed by atoms with Gasteiger partial charge in [0.05, 0.1) is 0 Å². The fourth-order valence-corrected chi connectivity index (χ4v) is 2.73. The van der Waals surface area contributed by atoms with Crippen LogP contribution in [0.3, 0.4) is 0 Å². The van der Waals surface area contributed by atoms with Crippen LogP contribution >= 0.6 is 0 Å². The molecule has 3 heteroatoms. The van der Waals surface area contributed by atoms with E-state index in [-0.39, 0.29) is 17.2 Å². The maximum absolute atomic E-state index is 12.5. The summed E-state index contributed by atoms with van der Waals surface area (Å²) in [6.45, 7) is 11.9. The zero-order valence-electron chi connectivity index (χ0n) is 14.7. The van der Waals surface area contributed by atoms with E-state index in [1.54, 1.807) is 0 Å². The topological polar surface area (TPSA) is 43.4 Å². The first kappa shape index (κ1) is 18.4. The summed E-state index contributed by atoms with van der Waals surface area (Å²) in [5.74, 6) is -0.352. The fourth-order valence-electron chi connectivity index (χ4n) is 2.73. The van der Waals surface area contributed by atoms with Gasteiger partial charge < -0.3 is 4.74 Å². The molecule has 3 nitrogen and oxygen atoms in total. The lowest BCUT2D eigenvalue weighted by atomic mass is 9.71. The van der Waals surface area contributed by atoms with Crippen LogP contribution in [0.1, 0.15) is 60.8 Å². The molecule has 1 aliphatic carbocycles. The number of ketones is 1. The van der Waals surface area contributed by atoms with Gasteiger partial charge in [-0.3, -0.25) is 9.59 Å². The Kier molecular flexibility index (Phi) is 6.34. The Morgan fingerprint density at radius 1 is 1.41 bits per heavy atom. The number of allylic oxidation sites excluding steroid dienone is 5. The summed E-state index contributed by atoms with van der Waals surface area (Å²) < 4.78 is 5.39. The zero-order valence-corrected chi connectivity index (χ0v) is 14.7. The smallest absolute Gasteiger partial charge is 0.306 e. The van der Waals surface area contributed by atoms with Crippen molar-refractivity contribution in [2.24, 2.45) is 5.41 Å². The lowest BCUT2D eigenvalue weighted by Gasteiger charge is -2.36. The molecule has 122 valence electrons. The molecular formula is C19H28O3. The Labute approximate surface area is 134 Å². The molecule has 0 N–H and O–H groups in total. The number of rotatable bonds is 5. The number of hydrogen-bond acceptors (Lipinski definition) is 3. The standard InChI is InChI=1S/C19H28O3/c1-7-9-17(20)22-16-12-19(5,6)15(14(4)18(16)21)11-10-13(3)8-2/h8,10-11,16H,7,9,12H2,1-6H3/b11-10+,13-8+. The molecule has 0 saturated heterocycles. The average molecular weight is 304 g/mol. The van der Waals surface area contributed by atoms with Gasteiger partial charge in [-0.15, -0.1) is 0 Å². The van der Waals surface area contributed by atoms with Gasteiger partial charge in [-0.25, -0.2) is 0 Å². The quantitative estimate of drug-likeness (QED) is 0.553. The third kappa shape index (κ3) is 4.43. The molecule has 1 rings (SSSR count). The van der Waals surface area contributed by atoms with Crippen LogP contribution in [-0.4, -0.2) is 17.9 Å². The molecule has 0 radical (unpaired) electrons. The molecule has 0 aromatic heterocycles. The first-order valence-corrected chi connectivity index (χ1v) is 7.99. The van der Waals surface area contributed by atoms with Gasteiger partial charge in [0.1, 0.15) is 0 Å². The van der Waals surface area contributed by atoms with E-state index in [4.69, 9.17) is 4.74 Å². The number of Topliss-reactive ketones (excluding diaryl/α,β-unsaturated/α-hetero) is 1. The van der Waals surface area contributed by atoms with Gasteiger partial charge in [-0.1, -0.05) is 44.6 Å². The van der Waals surface area contributed by atoms with Gasteiger partial charge in [-0.2, -0.15) is 0 Å². The van der Waals surface area contributed by atoms with Gasteiger partial charge in [-0.05, 0) is 43.8 Å². The maximum atomic E-state index is 12.5. The Balaban J connectivity index is 3.05. The fraction of sp³-hybridized carbons (Fsp3) is 0.579. The van der Waals surface area contributed by atoms with Crippen LogP contribution < -0.4 is 0 Å². The Hall–Kier alpha value is -1.64. The zero-order chi connectivity index (χ0) is 16.9. The van der Waals surface area contributed by atoms with Crippen LogP contribution in [0.4, 0.5) is 0 Å². The highest BCUT2D eigenvalue weighted by molar-refractivity contribution is 6.01. The first-order chi connectivity index (χ1) is 10.2. The van der Waals surface area contributed by atoms with Crippen molar-refractivity contribution in [1.82, 2.24) is 0 Å². The van der Waals surface area contributed by atoms with Crippen molar-refractivity contribution in [1.29, 1.82) is 0 Å². The van der Waals surface area contributed by atoms with Gasteiger partial charge in [0.2, 0.25) is 0 Å². The molecule has 1 atom stereocenters. The molecule has 0 aromatic carbocycles. The van der Waals surface area contributed by atoms with Crippen LogP contribution in [-0.2, 0) is 14.3 Å². The molecule has 22 heavy (non-hydrogen) atoms. The van der Waals surface area contributed by atoms with Gasteiger partial charge in [0.25, 0.3) is 0 Å². The van der Waals surface area contributed by atoms with Crippen LogP contribution in [0, 0.1) is 5.41 Å². The summed E-state index contributed by atoms with van der Waals surface area (Å²) in [4.78, 5) is 24.2. The van der Waals surface area contributed by atoms with Crippen molar-refractivity contribution in [3.63, 3.8) is 0 Å². The summed E-state index contributed by atoms with van der Waals surface area (Å²) in [7, 11) is 0. The second-order valence-corrected chi connectivity index (χ2v) is 6.59. The number of hydrogen-bond donors (Lipinski definition) is 0. The summed E-state index contributed by atoms with van der Waals surface area (Å²) in [5.41, 5.74) is 2.69. The molecule has 1 aliphatic rings. The normalized spacial score (nSPS) is 22.4. The molecule has 0 saturated carbocycles. The van der Waals surface area contributed by atoms with E-state index in [0.29, 0.717) is 18.4 Å². The highest BCUT2D eigenvalue weighted by Crippen LogP contribution is 2.40. The lowest BCUT2D eigenvalue weighted by molar-refractivity contribution is -0.156. The minimum Gasteiger partial charge on any atom is -0.454 e. The molecular weight excluding hydrogens is 276 g/mol. The molecule has 0 spiro atoms. The van der Waals surface area contributed by atoms with Crippen molar-refractivity contribution in [2.45, 2.75) is 66.9 Å². The van der Waals surface area contributed by atoms with Crippen LogP contribution in [0.2, 0.25) is 0 Å². The van der Waals surface area contributed by atoms with E-state index in [2.05, 4.69) is 13.8 Å². The third-order valence-corrected chi connectivity index (χ3v) is 4.19. The first-order valence-electron chi connectivity index (χ1n) is 7.99. The molecule has 0 aliphatic heterocycles. The largest absolute Gasteiger partial charge is 0.454 e. The van der Waals surface area contributed by atoms with Crippen molar-refractivity contribution < 1.29 is 14.3 Å². The Morgan fingerprint density at radius 2 is 2.05 bits per heavy atom. The van der Waals surface area contributed by atoms with E-state index in [0.717, 1.165) is 17.6 Å². The van der Waals surface area contributed by atoms with Gasteiger partial charge in [0, 0.05) is 12.8 Å². The van der Waals surface area contributed by atoms with Crippen molar-refractivity contribution in [3.05, 3.63) is 34.9 Å². The minimum atomic E-state index is -0.644. The lowest BCUT2D eigenvalue weighted by Crippen LogP contribution is -2.38. The predicted molar refractivity (Wildman–Crippen MR) is 89.5 cm³/mol. The summed E-state index contributed by atoms with van der Waals surface area (Å²) >= 11 is 0. The van der Waals surface area contributed by atoms with Crippen molar-refractivity contribution in [3.8, 4) is 0 Å². The van der Waals surface area contributed by atoms with Crippen molar-refractivity contribution >= 4 is 11.8 Å². The summed E-state index contributed by atoms with van der Waals surface area (Å²) in [6.07, 6.45) is 7.06.